The molecule has 3 heterocycles. The normalized spacial score (nSPS) is 13.4. The highest BCUT2D eigenvalue weighted by atomic mass is 15.0. The van der Waals surface area contributed by atoms with Gasteiger partial charge in [-0.05, 0) is 80.9 Å². The predicted molar refractivity (Wildman–Crippen MR) is 182 cm³/mol. The smallest absolute Gasteiger partial charge is 0.137 e. The molecule has 0 spiro atoms. The van der Waals surface area contributed by atoms with Crippen LogP contribution in [-0.2, 0) is 5.41 Å². The molecule has 0 N–H and O–H groups in total. The minimum atomic E-state index is 0.00972. The first-order chi connectivity index (χ1) is 21.6. The summed E-state index contributed by atoms with van der Waals surface area (Å²) in [6, 6.07) is 47.9. The molecule has 0 aliphatic heterocycles. The van der Waals surface area contributed by atoms with E-state index in [0.29, 0.717) is 0 Å². The number of para-hydroxylation sites is 1. The van der Waals surface area contributed by atoms with Crippen LogP contribution >= 0.6 is 0 Å². The van der Waals surface area contributed by atoms with E-state index in [1.54, 1.807) is 0 Å². The van der Waals surface area contributed by atoms with Crippen molar-refractivity contribution in [1.29, 1.82) is 0 Å². The first kappa shape index (κ1) is 25.0. The number of fused-ring (bicyclic) bond motifs is 8. The Morgan fingerprint density at radius 1 is 0.523 bits per heavy atom. The van der Waals surface area contributed by atoms with Gasteiger partial charge < -0.3 is 0 Å². The van der Waals surface area contributed by atoms with Crippen LogP contribution in [0.25, 0.3) is 72.2 Å². The maximum atomic E-state index is 5.20. The summed E-state index contributed by atoms with van der Waals surface area (Å²) in [6.45, 7) is 4.66. The number of hydrogen-bond acceptors (Lipinski definition) is 2. The van der Waals surface area contributed by atoms with Crippen molar-refractivity contribution in [3.05, 3.63) is 151 Å². The molecule has 0 amide bonds. The number of nitrogens with zero attached hydrogens (tertiary/aromatic N) is 3. The van der Waals surface area contributed by atoms with Gasteiger partial charge in [-0.2, -0.15) is 0 Å². The van der Waals surface area contributed by atoms with Crippen molar-refractivity contribution in [2.75, 3.05) is 0 Å². The van der Waals surface area contributed by atoms with Crippen LogP contribution in [0.2, 0.25) is 0 Å². The maximum absolute atomic E-state index is 5.20. The molecule has 8 aromatic rings. The van der Waals surface area contributed by atoms with E-state index < -0.39 is 0 Å². The predicted octanol–water partition coefficient (Wildman–Crippen LogP) is 10.3. The Bertz CT molecular complexity index is 2430. The van der Waals surface area contributed by atoms with Gasteiger partial charge in [-0.15, -0.1) is 0 Å². The summed E-state index contributed by atoms with van der Waals surface area (Å²) in [6.07, 6.45) is 2.08. The molecule has 44 heavy (non-hydrogen) atoms. The largest absolute Gasteiger partial charge is 0.298 e. The molecule has 208 valence electrons. The SMILES string of the molecule is CC1(C)c2ccccc2-c2cc(-c3cccc(-c4cccc(-c5nc6ccccc6c6nc7ccccn7c56)c4)c3)ccc21. The van der Waals surface area contributed by atoms with Gasteiger partial charge in [0.2, 0.25) is 0 Å². The molecule has 3 heteroatoms. The minimum absolute atomic E-state index is 0.00972. The van der Waals surface area contributed by atoms with E-state index in [9.17, 15) is 0 Å². The van der Waals surface area contributed by atoms with E-state index in [1.807, 2.05) is 18.2 Å². The van der Waals surface area contributed by atoms with Crippen LogP contribution in [0.1, 0.15) is 25.0 Å². The summed E-state index contributed by atoms with van der Waals surface area (Å²) in [5.74, 6) is 0. The van der Waals surface area contributed by atoms with Gasteiger partial charge in [0.25, 0.3) is 0 Å². The van der Waals surface area contributed by atoms with Crippen LogP contribution in [-0.4, -0.2) is 14.4 Å². The van der Waals surface area contributed by atoms with Crippen molar-refractivity contribution in [2.24, 2.45) is 0 Å². The lowest BCUT2D eigenvalue weighted by Gasteiger charge is -2.21. The van der Waals surface area contributed by atoms with Crippen LogP contribution < -0.4 is 0 Å². The molecule has 0 bridgehead atoms. The number of benzene rings is 5. The molecule has 0 fully saturated rings. The first-order valence-corrected chi connectivity index (χ1v) is 15.2. The van der Waals surface area contributed by atoms with Crippen LogP contribution in [0.5, 0.6) is 0 Å². The lowest BCUT2D eigenvalue weighted by molar-refractivity contribution is 0.660. The molecular formula is C41H29N3. The van der Waals surface area contributed by atoms with Crippen LogP contribution in [0.3, 0.4) is 0 Å². The number of hydrogen-bond donors (Lipinski definition) is 0. The lowest BCUT2D eigenvalue weighted by Crippen LogP contribution is -2.14. The van der Waals surface area contributed by atoms with Crippen LogP contribution in [0, 0.1) is 0 Å². The van der Waals surface area contributed by atoms with Crippen molar-refractivity contribution in [2.45, 2.75) is 19.3 Å². The summed E-state index contributed by atoms with van der Waals surface area (Å²) in [5, 5.41) is 1.07. The average Bonchev–Trinajstić information content (AvgIpc) is 3.58. The van der Waals surface area contributed by atoms with Crippen molar-refractivity contribution < 1.29 is 0 Å². The third-order valence-electron chi connectivity index (χ3n) is 9.39. The minimum Gasteiger partial charge on any atom is -0.298 e. The Balaban J connectivity index is 1.17. The fraction of sp³-hybridized carbons (Fsp3) is 0.0732. The summed E-state index contributed by atoms with van der Waals surface area (Å²) >= 11 is 0. The third kappa shape index (κ3) is 3.62. The fourth-order valence-electron chi connectivity index (χ4n) is 7.18. The van der Waals surface area contributed by atoms with E-state index in [2.05, 4.69) is 140 Å². The van der Waals surface area contributed by atoms with Gasteiger partial charge in [-0.3, -0.25) is 4.40 Å². The van der Waals surface area contributed by atoms with Crippen molar-refractivity contribution in [3.8, 4) is 44.6 Å². The molecule has 5 aromatic carbocycles. The molecule has 3 nitrogen and oxygen atoms in total. The number of imidazole rings is 1. The number of pyridine rings is 2. The quantitative estimate of drug-likeness (QED) is 0.214. The highest BCUT2D eigenvalue weighted by Crippen LogP contribution is 2.49. The molecule has 0 saturated carbocycles. The Labute approximate surface area is 256 Å². The van der Waals surface area contributed by atoms with Gasteiger partial charge in [0.1, 0.15) is 11.2 Å². The molecule has 1 aliphatic carbocycles. The molecule has 0 unspecified atom stereocenters. The standard InChI is InChI=1S/C41H29N3/c1-41(2)34-17-5-3-15-31(34)33-25-29(20-21-35(33)41)27-12-9-11-26(23-27)28-13-10-14-30(24-28)38-40-39(32-16-4-6-18-36(32)42-38)43-37-19-7-8-22-44(37)40/h3-25H,1-2H3. The highest BCUT2D eigenvalue weighted by molar-refractivity contribution is 6.09. The van der Waals surface area contributed by atoms with Crippen molar-refractivity contribution in [1.82, 2.24) is 14.4 Å². The lowest BCUT2D eigenvalue weighted by atomic mass is 9.82. The maximum Gasteiger partial charge on any atom is 0.137 e. The van der Waals surface area contributed by atoms with Gasteiger partial charge in [-0.25, -0.2) is 9.97 Å². The zero-order chi connectivity index (χ0) is 29.4. The van der Waals surface area contributed by atoms with Gasteiger partial charge in [0.05, 0.1) is 16.7 Å². The Morgan fingerprint density at radius 2 is 1.18 bits per heavy atom. The molecule has 0 saturated heterocycles. The molecule has 3 aromatic heterocycles. The van der Waals surface area contributed by atoms with E-state index in [-0.39, 0.29) is 5.41 Å². The van der Waals surface area contributed by atoms with Gasteiger partial charge >= 0.3 is 0 Å². The molecular weight excluding hydrogens is 534 g/mol. The second-order valence-corrected chi connectivity index (χ2v) is 12.3. The summed E-state index contributed by atoms with van der Waals surface area (Å²) < 4.78 is 2.16. The number of rotatable bonds is 3. The summed E-state index contributed by atoms with van der Waals surface area (Å²) in [7, 11) is 0. The second-order valence-electron chi connectivity index (χ2n) is 12.3. The van der Waals surface area contributed by atoms with Gasteiger partial charge in [0.15, 0.2) is 0 Å². The van der Waals surface area contributed by atoms with Crippen molar-refractivity contribution >= 4 is 27.6 Å². The highest BCUT2D eigenvalue weighted by Gasteiger charge is 2.35. The van der Waals surface area contributed by atoms with Crippen molar-refractivity contribution in [3.63, 3.8) is 0 Å². The first-order valence-electron chi connectivity index (χ1n) is 15.2. The second kappa shape index (κ2) is 9.23. The topological polar surface area (TPSA) is 30.2 Å². The van der Waals surface area contributed by atoms with E-state index >= 15 is 0 Å². The Kier molecular flexibility index (Phi) is 5.24. The van der Waals surface area contributed by atoms with Crippen LogP contribution in [0.15, 0.2) is 140 Å². The van der Waals surface area contributed by atoms with Crippen LogP contribution in [0.4, 0.5) is 0 Å². The average molecular weight is 564 g/mol. The molecule has 9 rings (SSSR count). The monoisotopic (exact) mass is 563 g/mol. The fourth-order valence-corrected chi connectivity index (χ4v) is 7.18. The summed E-state index contributed by atoms with van der Waals surface area (Å²) in [5.41, 5.74) is 16.2. The number of aromatic nitrogens is 3. The zero-order valence-electron chi connectivity index (χ0n) is 24.6. The third-order valence-corrected chi connectivity index (χ3v) is 9.39. The van der Waals surface area contributed by atoms with Gasteiger partial charge in [0, 0.05) is 22.6 Å². The molecule has 0 radical (unpaired) electrons. The van der Waals surface area contributed by atoms with E-state index in [4.69, 9.17) is 9.97 Å². The molecule has 1 aliphatic rings. The van der Waals surface area contributed by atoms with E-state index in [0.717, 1.165) is 44.4 Å². The Hall–Kier alpha value is -5.54. The summed E-state index contributed by atoms with van der Waals surface area (Å²) in [4.78, 5) is 10.2. The van der Waals surface area contributed by atoms with Gasteiger partial charge in [-0.1, -0.05) is 111 Å². The zero-order valence-corrected chi connectivity index (χ0v) is 24.6. The van der Waals surface area contributed by atoms with E-state index in [1.165, 1.54) is 38.9 Å². The molecule has 0 atom stereocenters. The Morgan fingerprint density at radius 3 is 2.02 bits per heavy atom.